The van der Waals surface area contributed by atoms with Crippen molar-refractivity contribution < 1.29 is 14.0 Å². The molecule has 7 nitrogen and oxygen atoms in total. The molecule has 2 aliphatic rings. The number of nitrogens with zero attached hydrogens (tertiary/aromatic N) is 3. The number of carbonyl (C=O) groups excluding carboxylic acids is 2. The van der Waals surface area contributed by atoms with E-state index in [1.165, 1.54) is 19.1 Å². The minimum Gasteiger partial charge on any atom is -0.459 e. The van der Waals surface area contributed by atoms with Gasteiger partial charge in [0.05, 0.1) is 18.5 Å². The lowest BCUT2D eigenvalue weighted by Gasteiger charge is -2.43. The molecule has 2 aromatic heterocycles. The van der Waals surface area contributed by atoms with Gasteiger partial charge in [0, 0.05) is 24.7 Å². The highest BCUT2D eigenvalue weighted by atomic mass is 16.3. The average Bonchev–Trinajstić information content (AvgIpc) is 3.62. The van der Waals surface area contributed by atoms with Gasteiger partial charge in [-0.15, -0.1) is 0 Å². The SMILES string of the molecule is CC(C)(C)C(NC(=O)c1nc(-c2ccccc2)n2c1CN(C(=O)c1ccco1)CC2)C1(C)CCCC1. The van der Waals surface area contributed by atoms with Gasteiger partial charge in [-0.3, -0.25) is 9.59 Å². The Hall–Kier alpha value is -3.35. The Kier molecular flexibility index (Phi) is 6.27. The van der Waals surface area contributed by atoms with Crippen LogP contribution in [-0.2, 0) is 13.1 Å². The quantitative estimate of drug-likeness (QED) is 0.513. The zero-order valence-corrected chi connectivity index (χ0v) is 21.7. The van der Waals surface area contributed by atoms with Crippen LogP contribution < -0.4 is 5.32 Å². The molecule has 7 heteroatoms. The van der Waals surface area contributed by atoms with Crippen LogP contribution in [0.1, 0.15) is 80.1 Å². The van der Waals surface area contributed by atoms with Gasteiger partial charge in [0.15, 0.2) is 11.5 Å². The number of amides is 2. The third-order valence-corrected chi connectivity index (χ3v) is 7.86. The summed E-state index contributed by atoms with van der Waals surface area (Å²) in [6.07, 6.45) is 6.11. The lowest BCUT2D eigenvalue weighted by Crippen LogP contribution is -2.53. The molecule has 2 amide bonds. The summed E-state index contributed by atoms with van der Waals surface area (Å²) in [6.45, 7) is 10.3. The molecule has 0 spiro atoms. The number of fused-ring (bicyclic) bond motifs is 1. The number of imidazole rings is 1. The van der Waals surface area contributed by atoms with E-state index in [0.29, 0.717) is 31.1 Å². The number of nitrogens with one attached hydrogen (secondary N) is 1. The van der Waals surface area contributed by atoms with Crippen molar-refractivity contribution in [2.24, 2.45) is 10.8 Å². The van der Waals surface area contributed by atoms with Crippen molar-refractivity contribution in [1.29, 1.82) is 0 Å². The maximum Gasteiger partial charge on any atom is 0.289 e. The van der Waals surface area contributed by atoms with Crippen LogP contribution in [0.3, 0.4) is 0 Å². The summed E-state index contributed by atoms with van der Waals surface area (Å²) in [5.41, 5.74) is 2.08. The second-order valence-corrected chi connectivity index (χ2v) is 11.6. The Balaban J connectivity index is 1.51. The maximum absolute atomic E-state index is 13.9. The van der Waals surface area contributed by atoms with Crippen LogP contribution in [0.5, 0.6) is 0 Å². The fourth-order valence-corrected chi connectivity index (χ4v) is 6.19. The molecule has 190 valence electrons. The average molecular weight is 489 g/mol. The fourth-order valence-electron chi connectivity index (χ4n) is 6.19. The predicted molar refractivity (Wildman–Crippen MR) is 138 cm³/mol. The molecule has 1 atom stereocenters. The molecule has 1 aromatic carbocycles. The molecule has 0 bridgehead atoms. The van der Waals surface area contributed by atoms with Gasteiger partial charge in [-0.05, 0) is 35.8 Å². The fraction of sp³-hybridized carbons (Fsp3) is 0.483. The first-order valence-electron chi connectivity index (χ1n) is 13.0. The summed E-state index contributed by atoms with van der Waals surface area (Å²) in [5.74, 6) is 0.729. The third-order valence-electron chi connectivity index (χ3n) is 7.86. The van der Waals surface area contributed by atoms with E-state index in [-0.39, 0.29) is 28.7 Å². The lowest BCUT2D eigenvalue weighted by atomic mass is 9.68. The molecule has 1 aliphatic carbocycles. The third kappa shape index (κ3) is 4.47. The van der Waals surface area contributed by atoms with Gasteiger partial charge in [-0.25, -0.2) is 4.98 Å². The number of carbonyl (C=O) groups is 2. The monoisotopic (exact) mass is 488 g/mol. The summed E-state index contributed by atoms with van der Waals surface area (Å²) >= 11 is 0. The number of hydrogen-bond donors (Lipinski definition) is 1. The molecule has 5 rings (SSSR count). The number of aromatic nitrogens is 2. The Bertz CT molecular complexity index is 1230. The lowest BCUT2D eigenvalue weighted by molar-refractivity contribution is 0.0668. The smallest absolute Gasteiger partial charge is 0.289 e. The highest BCUT2D eigenvalue weighted by Crippen LogP contribution is 2.46. The van der Waals surface area contributed by atoms with E-state index in [1.54, 1.807) is 17.0 Å². The second kappa shape index (κ2) is 9.26. The van der Waals surface area contributed by atoms with E-state index in [4.69, 9.17) is 9.40 Å². The van der Waals surface area contributed by atoms with Gasteiger partial charge in [-0.2, -0.15) is 0 Å². The van der Waals surface area contributed by atoms with Crippen LogP contribution >= 0.6 is 0 Å². The van der Waals surface area contributed by atoms with Crippen molar-refractivity contribution in [3.8, 4) is 11.4 Å². The van der Waals surface area contributed by atoms with E-state index < -0.39 is 0 Å². The molecule has 0 saturated heterocycles. The molecule has 36 heavy (non-hydrogen) atoms. The van der Waals surface area contributed by atoms with Crippen LogP contribution in [-0.4, -0.2) is 38.9 Å². The van der Waals surface area contributed by atoms with Crippen molar-refractivity contribution in [1.82, 2.24) is 19.8 Å². The van der Waals surface area contributed by atoms with Gasteiger partial charge in [0.1, 0.15) is 5.82 Å². The Morgan fingerprint density at radius 1 is 1.06 bits per heavy atom. The highest BCUT2D eigenvalue weighted by Gasteiger charge is 2.44. The highest BCUT2D eigenvalue weighted by molar-refractivity contribution is 5.95. The first-order valence-corrected chi connectivity index (χ1v) is 13.0. The number of rotatable bonds is 5. The summed E-state index contributed by atoms with van der Waals surface area (Å²) < 4.78 is 7.45. The van der Waals surface area contributed by atoms with E-state index in [1.807, 2.05) is 30.3 Å². The van der Waals surface area contributed by atoms with E-state index >= 15 is 0 Å². The molecule has 0 radical (unpaired) electrons. The standard InChI is InChI=1S/C29H36N4O3/c1-28(2,3)27(29(4)14-8-9-15-29)31-25(34)23-21-19-32(26(35)22-13-10-18-36-22)16-17-33(21)24(30-23)20-11-6-5-7-12-20/h5-7,10-13,18,27H,8-9,14-17,19H2,1-4H3,(H,31,34). The van der Waals surface area contributed by atoms with Gasteiger partial charge in [0.25, 0.3) is 11.8 Å². The number of hydrogen-bond acceptors (Lipinski definition) is 4. The topological polar surface area (TPSA) is 80.4 Å². The molecule has 3 heterocycles. The molecule has 1 saturated carbocycles. The normalized spacial score (nSPS) is 18.1. The summed E-state index contributed by atoms with van der Waals surface area (Å²) in [5, 5.41) is 3.41. The maximum atomic E-state index is 13.9. The summed E-state index contributed by atoms with van der Waals surface area (Å²) in [6, 6.07) is 13.3. The Morgan fingerprint density at radius 2 is 1.78 bits per heavy atom. The van der Waals surface area contributed by atoms with Gasteiger partial charge in [0.2, 0.25) is 0 Å². The van der Waals surface area contributed by atoms with Crippen LogP contribution in [0.4, 0.5) is 0 Å². The van der Waals surface area contributed by atoms with Gasteiger partial charge >= 0.3 is 0 Å². The molecule has 1 fully saturated rings. The zero-order valence-electron chi connectivity index (χ0n) is 21.7. The predicted octanol–water partition coefficient (Wildman–Crippen LogP) is 5.52. The van der Waals surface area contributed by atoms with Crippen molar-refractivity contribution in [3.63, 3.8) is 0 Å². The van der Waals surface area contributed by atoms with Crippen molar-refractivity contribution in [3.05, 3.63) is 65.9 Å². The summed E-state index contributed by atoms with van der Waals surface area (Å²) in [7, 11) is 0. The molecular formula is C29H36N4O3. The molecule has 1 N–H and O–H groups in total. The Morgan fingerprint density at radius 3 is 2.42 bits per heavy atom. The molecular weight excluding hydrogens is 452 g/mol. The Labute approximate surface area is 212 Å². The van der Waals surface area contributed by atoms with Crippen molar-refractivity contribution >= 4 is 11.8 Å². The van der Waals surface area contributed by atoms with Crippen molar-refractivity contribution in [2.75, 3.05) is 6.54 Å². The van der Waals surface area contributed by atoms with Crippen LogP contribution in [0.2, 0.25) is 0 Å². The van der Waals surface area contributed by atoms with Gasteiger partial charge in [-0.1, -0.05) is 70.9 Å². The zero-order chi connectivity index (χ0) is 25.5. The van der Waals surface area contributed by atoms with Crippen molar-refractivity contribution in [2.45, 2.75) is 72.5 Å². The summed E-state index contributed by atoms with van der Waals surface area (Å²) in [4.78, 5) is 33.6. The molecule has 1 unspecified atom stereocenters. The minimum absolute atomic E-state index is 0.0157. The van der Waals surface area contributed by atoms with Gasteiger partial charge < -0.3 is 19.2 Å². The van der Waals surface area contributed by atoms with E-state index in [2.05, 4.69) is 37.6 Å². The van der Waals surface area contributed by atoms with E-state index in [0.717, 1.165) is 29.9 Å². The molecule has 3 aromatic rings. The van der Waals surface area contributed by atoms with Crippen LogP contribution in [0, 0.1) is 10.8 Å². The minimum atomic E-state index is -0.175. The largest absolute Gasteiger partial charge is 0.459 e. The first kappa shape index (κ1) is 24.3. The molecule has 1 aliphatic heterocycles. The van der Waals surface area contributed by atoms with Crippen LogP contribution in [0.15, 0.2) is 53.1 Å². The van der Waals surface area contributed by atoms with E-state index in [9.17, 15) is 9.59 Å². The second-order valence-electron chi connectivity index (χ2n) is 11.6. The first-order chi connectivity index (χ1) is 17.2. The van der Waals surface area contributed by atoms with Crippen LogP contribution in [0.25, 0.3) is 11.4 Å². The number of furan rings is 1. The number of benzene rings is 1.